The summed E-state index contributed by atoms with van der Waals surface area (Å²) in [6, 6.07) is 6.08. The topological polar surface area (TPSA) is 111 Å². The molecule has 1 aromatic rings. The van der Waals surface area contributed by atoms with Crippen molar-refractivity contribution in [2.75, 3.05) is 25.1 Å². The van der Waals surface area contributed by atoms with Gasteiger partial charge in [-0.2, -0.15) is 0 Å². The maximum Gasteiger partial charge on any atom is 0.338 e. The first-order valence-electron chi connectivity index (χ1n) is 6.89. The van der Waals surface area contributed by atoms with E-state index in [2.05, 4.69) is 15.4 Å². The van der Waals surface area contributed by atoms with E-state index < -0.39 is 24.5 Å². The minimum atomic E-state index is -0.715. The van der Waals surface area contributed by atoms with E-state index in [9.17, 15) is 19.2 Å². The summed E-state index contributed by atoms with van der Waals surface area (Å²) in [5, 5.41) is 4.76. The molecule has 0 aliphatic heterocycles. The smallest absolute Gasteiger partial charge is 0.338 e. The molecule has 0 atom stereocenters. The van der Waals surface area contributed by atoms with Gasteiger partial charge in [0.2, 0.25) is 5.91 Å². The van der Waals surface area contributed by atoms with Crippen molar-refractivity contribution < 1.29 is 28.7 Å². The number of carbonyl (C=O) groups is 4. The molecule has 8 heteroatoms. The average molecular weight is 322 g/mol. The number of ether oxygens (including phenoxy) is 2. The van der Waals surface area contributed by atoms with Crippen LogP contribution in [-0.4, -0.2) is 43.5 Å². The molecule has 0 spiro atoms. The first-order chi connectivity index (χ1) is 10.9. The van der Waals surface area contributed by atoms with E-state index in [4.69, 9.17) is 4.74 Å². The molecule has 1 aromatic carbocycles. The molecule has 0 saturated carbocycles. The van der Waals surface area contributed by atoms with Crippen LogP contribution in [0.3, 0.4) is 0 Å². The van der Waals surface area contributed by atoms with Crippen molar-refractivity contribution in [3.8, 4) is 0 Å². The molecule has 0 unspecified atom stereocenters. The molecule has 2 N–H and O–H groups in total. The van der Waals surface area contributed by atoms with Crippen LogP contribution in [0.1, 0.15) is 24.2 Å². The normalized spacial score (nSPS) is 9.65. The van der Waals surface area contributed by atoms with E-state index in [-0.39, 0.29) is 19.1 Å². The third-order valence-corrected chi connectivity index (χ3v) is 2.53. The van der Waals surface area contributed by atoms with E-state index >= 15 is 0 Å². The van der Waals surface area contributed by atoms with E-state index in [1.165, 1.54) is 31.2 Å². The summed E-state index contributed by atoms with van der Waals surface area (Å²) in [6.45, 7) is 2.48. The van der Waals surface area contributed by atoms with Crippen LogP contribution < -0.4 is 10.6 Å². The van der Waals surface area contributed by atoms with Gasteiger partial charge in [-0.25, -0.2) is 4.79 Å². The zero-order valence-corrected chi connectivity index (χ0v) is 12.9. The highest BCUT2D eigenvalue weighted by atomic mass is 16.5. The number of carbonyl (C=O) groups excluding carboxylic acids is 4. The Hall–Kier alpha value is -2.90. The summed E-state index contributed by atoms with van der Waals surface area (Å²) in [6.07, 6.45) is 0. The molecule has 0 saturated heterocycles. The zero-order chi connectivity index (χ0) is 17.2. The van der Waals surface area contributed by atoms with E-state index in [1.54, 1.807) is 6.92 Å². The van der Waals surface area contributed by atoms with E-state index in [1.807, 2.05) is 0 Å². The largest absolute Gasteiger partial charge is 0.462 e. The Balaban J connectivity index is 2.41. The molecule has 0 bridgehead atoms. The van der Waals surface area contributed by atoms with Crippen LogP contribution in [0.4, 0.5) is 5.69 Å². The number of nitrogens with one attached hydrogen (secondary N) is 2. The van der Waals surface area contributed by atoms with Crippen molar-refractivity contribution in [1.29, 1.82) is 0 Å². The van der Waals surface area contributed by atoms with Crippen LogP contribution in [0.2, 0.25) is 0 Å². The average Bonchev–Trinajstić information content (AvgIpc) is 2.52. The highest BCUT2D eigenvalue weighted by Gasteiger charge is 2.09. The van der Waals surface area contributed by atoms with Crippen molar-refractivity contribution in [3.05, 3.63) is 29.8 Å². The standard InChI is InChI=1S/C15H18N2O6/c1-3-22-15(21)11-4-6-12(7-5-11)17-13(19)9-23-14(20)8-16-10(2)18/h4-7H,3,8-9H2,1-2H3,(H,16,18)(H,17,19). The second-order valence-corrected chi connectivity index (χ2v) is 4.42. The lowest BCUT2D eigenvalue weighted by atomic mass is 10.2. The fourth-order valence-electron chi connectivity index (χ4n) is 1.49. The summed E-state index contributed by atoms with van der Waals surface area (Å²) in [4.78, 5) is 44.9. The van der Waals surface area contributed by atoms with E-state index in [0.717, 1.165) is 0 Å². The molecular weight excluding hydrogens is 304 g/mol. The highest BCUT2D eigenvalue weighted by molar-refractivity contribution is 5.94. The van der Waals surface area contributed by atoms with Crippen molar-refractivity contribution in [1.82, 2.24) is 5.32 Å². The van der Waals surface area contributed by atoms with Crippen LogP contribution in [0.5, 0.6) is 0 Å². The summed E-state index contributed by atoms with van der Waals surface area (Å²) < 4.78 is 9.52. The Labute approximate surface area is 133 Å². The number of hydrogen-bond acceptors (Lipinski definition) is 6. The molecule has 0 aliphatic carbocycles. The Morgan fingerprint density at radius 1 is 1.04 bits per heavy atom. The van der Waals surface area contributed by atoms with Gasteiger partial charge in [0.05, 0.1) is 12.2 Å². The number of amides is 2. The maximum atomic E-state index is 11.6. The molecular formula is C15H18N2O6. The van der Waals surface area contributed by atoms with Crippen LogP contribution >= 0.6 is 0 Å². The molecule has 23 heavy (non-hydrogen) atoms. The number of benzene rings is 1. The second-order valence-electron chi connectivity index (χ2n) is 4.42. The summed E-state index contributed by atoms with van der Waals surface area (Å²) in [5.74, 6) is -2.07. The van der Waals surface area contributed by atoms with Gasteiger partial charge in [0, 0.05) is 12.6 Å². The predicted molar refractivity (Wildman–Crippen MR) is 80.7 cm³/mol. The van der Waals surface area contributed by atoms with E-state index in [0.29, 0.717) is 11.3 Å². The predicted octanol–water partition coefficient (Wildman–Crippen LogP) is 0.481. The summed E-state index contributed by atoms with van der Waals surface area (Å²) >= 11 is 0. The van der Waals surface area contributed by atoms with Gasteiger partial charge in [0.25, 0.3) is 5.91 Å². The van der Waals surface area contributed by atoms with Crippen LogP contribution in [-0.2, 0) is 23.9 Å². The molecule has 2 amide bonds. The molecule has 1 rings (SSSR count). The van der Waals surface area contributed by atoms with Crippen molar-refractivity contribution in [3.63, 3.8) is 0 Å². The molecule has 0 heterocycles. The Bertz CT molecular complexity index is 582. The highest BCUT2D eigenvalue weighted by Crippen LogP contribution is 2.10. The van der Waals surface area contributed by atoms with Gasteiger partial charge in [-0.15, -0.1) is 0 Å². The minimum Gasteiger partial charge on any atom is -0.462 e. The van der Waals surface area contributed by atoms with Gasteiger partial charge in [0.1, 0.15) is 6.54 Å². The fourth-order valence-corrected chi connectivity index (χ4v) is 1.49. The summed E-state index contributed by atoms with van der Waals surface area (Å²) in [5.41, 5.74) is 0.813. The van der Waals surface area contributed by atoms with Crippen molar-refractivity contribution >= 4 is 29.4 Å². The molecule has 0 aliphatic rings. The third-order valence-electron chi connectivity index (χ3n) is 2.53. The zero-order valence-electron chi connectivity index (χ0n) is 12.9. The fraction of sp³-hybridized carbons (Fsp3) is 0.333. The maximum absolute atomic E-state index is 11.6. The molecule has 0 aromatic heterocycles. The second kappa shape index (κ2) is 9.19. The number of anilines is 1. The van der Waals surface area contributed by atoms with Crippen molar-refractivity contribution in [2.45, 2.75) is 13.8 Å². The van der Waals surface area contributed by atoms with Gasteiger partial charge >= 0.3 is 11.9 Å². The Morgan fingerprint density at radius 2 is 1.70 bits per heavy atom. The summed E-state index contributed by atoms with van der Waals surface area (Å²) in [7, 11) is 0. The van der Waals surface area contributed by atoms with Crippen molar-refractivity contribution in [2.24, 2.45) is 0 Å². The lowest BCUT2D eigenvalue weighted by Gasteiger charge is -2.07. The quantitative estimate of drug-likeness (QED) is 0.706. The molecule has 124 valence electrons. The monoisotopic (exact) mass is 322 g/mol. The Morgan fingerprint density at radius 3 is 2.26 bits per heavy atom. The lowest BCUT2D eigenvalue weighted by Crippen LogP contribution is -2.30. The Kier molecular flexibility index (Phi) is 7.25. The lowest BCUT2D eigenvalue weighted by molar-refractivity contribution is -0.147. The van der Waals surface area contributed by atoms with Gasteiger partial charge in [-0.3, -0.25) is 14.4 Å². The van der Waals surface area contributed by atoms with Gasteiger partial charge < -0.3 is 20.1 Å². The minimum absolute atomic E-state index is 0.279. The van der Waals surface area contributed by atoms with Gasteiger partial charge in [0.15, 0.2) is 6.61 Å². The molecule has 0 fully saturated rings. The van der Waals surface area contributed by atoms with Crippen LogP contribution in [0.15, 0.2) is 24.3 Å². The van der Waals surface area contributed by atoms with Crippen LogP contribution in [0, 0.1) is 0 Å². The van der Waals surface area contributed by atoms with Crippen LogP contribution in [0.25, 0.3) is 0 Å². The van der Waals surface area contributed by atoms with Gasteiger partial charge in [-0.05, 0) is 31.2 Å². The molecule has 8 nitrogen and oxygen atoms in total. The number of esters is 2. The third kappa shape index (κ3) is 7.07. The number of rotatable bonds is 7. The SMILES string of the molecule is CCOC(=O)c1ccc(NC(=O)COC(=O)CNC(C)=O)cc1. The first kappa shape index (κ1) is 18.1. The molecule has 0 radical (unpaired) electrons. The first-order valence-corrected chi connectivity index (χ1v) is 6.89. The van der Waals surface area contributed by atoms with Gasteiger partial charge in [-0.1, -0.05) is 0 Å². The number of hydrogen-bond donors (Lipinski definition) is 2.